The van der Waals surface area contributed by atoms with Crippen molar-refractivity contribution < 1.29 is 23.1 Å². The first-order valence-electron chi connectivity index (χ1n) is 8.18. The smallest absolute Gasteiger partial charge is 0.303 e. The Hall–Kier alpha value is -1.96. The highest BCUT2D eigenvalue weighted by Gasteiger charge is 2.27. The Kier molecular flexibility index (Phi) is 7.35. The third kappa shape index (κ3) is 5.28. The van der Waals surface area contributed by atoms with E-state index in [4.69, 9.17) is 33.0 Å². The van der Waals surface area contributed by atoms with Crippen molar-refractivity contribution in [1.82, 2.24) is 0 Å². The molecule has 0 saturated heterocycles. The molecule has 0 aliphatic heterocycles. The number of carbonyl (C=O) groups is 1. The number of para-hydroxylation sites is 2. The number of benzene rings is 2. The average molecular weight is 432 g/mol. The predicted octanol–water partition coefficient (Wildman–Crippen LogP) is 4.45. The summed E-state index contributed by atoms with van der Waals surface area (Å²) in [6, 6.07) is 10.7. The molecule has 0 aromatic heterocycles. The topological polar surface area (TPSA) is 83.9 Å². The Bertz CT molecular complexity index is 918. The molecule has 2 aromatic carbocycles. The number of carboxylic acids is 1. The number of anilines is 1. The van der Waals surface area contributed by atoms with Gasteiger partial charge in [0.15, 0.2) is 0 Å². The molecule has 1 N–H and O–H groups in total. The molecule has 0 heterocycles. The molecule has 0 fully saturated rings. The van der Waals surface area contributed by atoms with E-state index < -0.39 is 16.0 Å². The first kappa shape index (κ1) is 21.3. The molecular formula is C18H19Cl2NO5S. The van der Waals surface area contributed by atoms with Crippen LogP contribution < -0.4 is 9.04 Å². The standard InChI is InChI=1S/C18H19Cl2NO5S/c1-2-26-17-7-4-3-6-16(17)21(11-5-8-18(22)23)27(24,25)13-9-10-14(19)15(20)12-13/h3-4,6-7,9-10,12H,2,5,8,11H2,1H3,(H,22,23). The predicted molar refractivity (Wildman–Crippen MR) is 105 cm³/mol. The van der Waals surface area contributed by atoms with Crippen LogP contribution in [0.2, 0.25) is 10.0 Å². The fourth-order valence-electron chi connectivity index (χ4n) is 2.45. The van der Waals surface area contributed by atoms with E-state index in [0.717, 1.165) is 4.31 Å². The second kappa shape index (κ2) is 9.30. The van der Waals surface area contributed by atoms with Crippen LogP contribution in [-0.2, 0) is 14.8 Å². The summed E-state index contributed by atoms with van der Waals surface area (Å²) in [6.07, 6.45) is -0.0272. The third-order valence-electron chi connectivity index (χ3n) is 3.66. The van der Waals surface area contributed by atoms with E-state index >= 15 is 0 Å². The van der Waals surface area contributed by atoms with Crippen LogP contribution in [0.1, 0.15) is 19.8 Å². The number of rotatable bonds is 9. The average Bonchev–Trinajstić information content (AvgIpc) is 2.61. The van der Waals surface area contributed by atoms with Gasteiger partial charge in [-0.25, -0.2) is 8.42 Å². The van der Waals surface area contributed by atoms with Crippen LogP contribution >= 0.6 is 23.2 Å². The van der Waals surface area contributed by atoms with Gasteiger partial charge in [-0.05, 0) is 43.7 Å². The lowest BCUT2D eigenvalue weighted by molar-refractivity contribution is -0.137. The second-order valence-corrected chi connectivity index (χ2v) is 8.23. The van der Waals surface area contributed by atoms with Gasteiger partial charge in [-0.2, -0.15) is 0 Å². The molecule has 146 valence electrons. The first-order chi connectivity index (χ1) is 12.8. The number of sulfonamides is 1. The van der Waals surface area contributed by atoms with Gasteiger partial charge in [0.25, 0.3) is 10.0 Å². The molecule has 0 atom stereocenters. The zero-order valence-electron chi connectivity index (χ0n) is 14.6. The Morgan fingerprint density at radius 3 is 2.48 bits per heavy atom. The molecular weight excluding hydrogens is 413 g/mol. The molecule has 0 aliphatic rings. The SMILES string of the molecule is CCOc1ccccc1N(CCCC(=O)O)S(=O)(=O)c1ccc(Cl)c(Cl)c1. The molecule has 0 spiro atoms. The number of halogens is 2. The highest BCUT2D eigenvalue weighted by atomic mass is 35.5. The van der Waals surface area contributed by atoms with Gasteiger partial charge in [0, 0.05) is 13.0 Å². The van der Waals surface area contributed by atoms with Crippen molar-refractivity contribution in [3.05, 3.63) is 52.5 Å². The van der Waals surface area contributed by atoms with Crippen LogP contribution in [0.3, 0.4) is 0 Å². The quantitative estimate of drug-likeness (QED) is 0.633. The van der Waals surface area contributed by atoms with E-state index in [1.807, 2.05) is 0 Å². The van der Waals surface area contributed by atoms with Crippen LogP contribution in [-0.4, -0.2) is 32.6 Å². The maximum absolute atomic E-state index is 13.2. The van der Waals surface area contributed by atoms with Gasteiger partial charge in [-0.3, -0.25) is 9.10 Å². The summed E-state index contributed by atoms with van der Waals surface area (Å²) >= 11 is 11.9. The minimum Gasteiger partial charge on any atom is -0.492 e. The maximum atomic E-state index is 13.2. The Balaban J connectivity index is 2.51. The second-order valence-electron chi connectivity index (χ2n) is 5.55. The summed E-state index contributed by atoms with van der Waals surface area (Å²) in [4.78, 5) is 10.8. The van der Waals surface area contributed by atoms with Gasteiger partial charge in [0.1, 0.15) is 5.75 Å². The van der Waals surface area contributed by atoms with Crippen molar-refractivity contribution >= 4 is 44.9 Å². The van der Waals surface area contributed by atoms with Gasteiger partial charge in [-0.15, -0.1) is 0 Å². The zero-order valence-corrected chi connectivity index (χ0v) is 16.9. The number of carboxylic acid groups (broad SMARTS) is 1. The zero-order chi connectivity index (χ0) is 20.0. The van der Waals surface area contributed by atoms with Crippen molar-refractivity contribution in [2.24, 2.45) is 0 Å². The molecule has 0 unspecified atom stereocenters. The van der Waals surface area contributed by atoms with Crippen molar-refractivity contribution in [1.29, 1.82) is 0 Å². The number of nitrogens with zero attached hydrogens (tertiary/aromatic N) is 1. The summed E-state index contributed by atoms with van der Waals surface area (Å²) in [6.45, 7) is 2.12. The lowest BCUT2D eigenvalue weighted by Gasteiger charge is -2.26. The first-order valence-corrected chi connectivity index (χ1v) is 10.4. The van der Waals surface area contributed by atoms with Crippen molar-refractivity contribution in [2.75, 3.05) is 17.5 Å². The fourth-order valence-corrected chi connectivity index (χ4v) is 4.35. The van der Waals surface area contributed by atoms with Crippen LogP contribution in [0.15, 0.2) is 47.4 Å². The number of hydrogen-bond donors (Lipinski definition) is 1. The Morgan fingerprint density at radius 2 is 1.85 bits per heavy atom. The fraction of sp³-hybridized carbons (Fsp3) is 0.278. The molecule has 0 amide bonds. The molecule has 27 heavy (non-hydrogen) atoms. The van der Waals surface area contributed by atoms with Crippen LogP contribution in [0.4, 0.5) is 5.69 Å². The lowest BCUT2D eigenvalue weighted by atomic mass is 10.2. The lowest BCUT2D eigenvalue weighted by Crippen LogP contribution is -2.32. The monoisotopic (exact) mass is 431 g/mol. The van der Waals surface area contributed by atoms with Crippen molar-refractivity contribution in [3.63, 3.8) is 0 Å². The summed E-state index contributed by atoms with van der Waals surface area (Å²) < 4.78 is 33.2. The van der Waals surface area contributed by atoms with E-state index in [-0.39, 0.29) is 34.3 Å². The van der Waals surface area contributed by atoms with Gasteiger partial charge in [0.05, 0.1) is 27.2 Å². The van der Waals surface area contributed by atoms with Gasteiger partial charge in [0.2, 0.25) is 0 Å². The van der Waals surface area contributed by atoms with Gasteiger partial charge in [-0.1, -0.05) is 35.3 Å². The number of hydrogen-bond acceptors (Lipinski definition) is 4. The highest BCUT2D eigenvalue weighted by molar-refractivity contribution is 7.92. The third-order valence-corrected chi connectivity index (χ3v) is 6.21. The molecule has 0 radical (unpaired) electrons. The largest absolute Gasteiger partial charge is 0.492 e. The minimum atomic E-state index is -4.01. The van der Waals surface area contributed by atoms with E-state index in [1.165, 1.54) is 18.2 Å². The molecule has 6 nitrogen and oxygen atoms in total. The van der Waals surface area contributed by atoms with E-state index in [1.54, 1.807) is 31.2 Å². The molecule has 0 saturated carbocycles. The van der Waals surface area contributed by atoms with Crippen LogP contribution in [0, 0.1) is 0 Å². The summed E-state index contributed by atoms with van der Waals surface area (Å²) in [5.74, 6) is -0.612. The van der Waals surface area contributed by atoms with Gasteiger partial charge < -0.3 is 9.84 Å². The molecule has 9 heteroatoms. The molecule has 0 bridgehead atoms. The minimum absolute atomic E-state index is 0.0288. The Morgan fingerprint density at radius 1 is 1.15 bits per heavy atom. The van der Waals surface area contributed by atoms with Crippen LogP contribution in [0.5, 0.6) is 5.75 Å². The Labute approximate surface area is 168 Å². The molecule has 2 rings (SSSR count). The van der Waals surface area contributed by atoms with E-state index in [9.17, 15) is 13.2 Å². The summed E-state index contributed by atoms with van der Waals surface area (Å²) in [5, 5.41) is 9.25. The van der Waals surface area contributed by atoms with Crippen LogP contribution in [0.25, 0.3) is 0 Å². The van der Waals surface area contributed by atoms with Crippen molar-refractivity contribution in [3.8, 4) is 5.75 Å². The highest BCUT2D eigenvalue weighted by Crippen LogP contribution is 2.34. The van der Waals surface area contributed by atoms with Gasteiger partial charge >= 0.3 is 5.97 Å². The van der Waals surface area contributed by atoms with E-state index in [2.05, 4.69) is 0 Å². The van der Waals surface area contributed by atoms with E-state index in [0.29, 0.717) is 18.0 Å². The molecule has 0 aliphatic carbocycles. The van der Waals surface area contributed by atoms with Crippen molar-refractivity contribution in [2.45, 2.75) is 24.7 Å². The summed E-state index contributed by atoms with van der Waals surface area (Å²) in [7, 11) is -4.01. The maximum Gasteiger partial charge on any atom is 0.303 e. The molecule has 2 aromatic rings. The normalized spacial score (nSPS) is 11.2. The number of ether oxygens (including phenoxy) is 1. The summed E-state index contributed by atoms with van der Waals surface area (Å²) in [5.41, 5.74) is 0.329. The number of aliphatic carboxylic acids is 1.